The predicted octanol–water partition coefficient (Wildman–Crippen LogP) is 4.04. The summed E-state index contributed by atoms with van der Waals surface area (Å²) in [5.41, 5.74) is 1.47. The van der Waals surface area contributed by atoms with E-state index in [1.54, 1.807) is 43.3 Å². The largest absolute Gasteiger partial charge is 0.324 e. The molecule has 1 heterocycles. The van der Waals surface area contributed by atoms with Crippen LogP contribution in [0.25, 0.3) is 0 Å². The zero-order chi connectivity index (χ0) is 19.4. The van der Waals surface area contributed by atoms with Crippen molar-refractivity contribution in [3.05, 3.63) is 70.7 Å². The van der Waals surface area contributed by atoms with Crippen LogP contribution in [0.5, 0.6) is 0 Å². The molecule has 3 aromatic rings. The molecule has 0 radical (unpaired) electrons. The normalized spacial score (nSPS) is 11.7. The maximum Gasteiger partial charge on any atom is 0.257 e. The van der Waals surface area contributed by atoms with Crippen LogP contribution in [0.15, 0.2) is 55.1 Å². The molecule has 1 atom stereocenters. The van der Waals surface area contributed by atoms with Crippen LogP contribution in [0.2, 0.25) is 10.0 Å². The second-order valence-corrected chi connectivity index (χ2v) is 6.54. The molecular weight excluding hydrogens is 389 g/mol. The second kappa shape index (κ2) is 8.20. The molecule has 0 saturated carbocycles. The van der Waals surface area contributed by atoms with Crippen molar-refractivity contribution in [3.63, 3.8) is 0 Å². The van der Waals surface area contributed by atoms with Gasteiger partial charge >= 0.3 is 0 Å². The van der Waals surface area contributed by atoms with E-state index in [1.807, 2.05) is 0 Å². The summed E-state index contributed by atoms with van der Waals surface area (Å²) in [7, 11) is 0. The molecule has 0 fully saturated rings. The molecule has 7 nitrogen and oxygen atoms in total. The van der Waals surface area contributed by atoms with Crippen LogP contribution in [0.4, 0.5) is 11.4 Å². The highest BCUT2D eigenvalue weighted by Crippen LogP contribution is 2.22. The van der Waals surface area contributed by atoms with E-state index in [2.05, 4.69) is 20.7 Å². The van der Waals surface area contributed by atoms with Gasteiger partial charge in [-0.2, -0.15) is 5.10 Å². The summed E-state index contributed by atoms with van der Waals surface area (Å²) in [6.07, 6.45) is 2.85. The molecule has 2 amide bonds. The van der Waals surface area contributed by atoms with Gasteiger partial charge in [0.1, 0.15) is 18.7 Å². The molecule has 1 unspecified atom stereocenters. The van der Waals surface area contributed by atoms with Gasteiger partial charge in [-0.05, 0) is 49.4 Å². The zero-order valence-electron chi connectivity index (χ0n) is 14.2. The topological polar surface area (TPSA) is 88.9 Å². The van der Waals surface area contributed by atoms with Crippen LogP contribution < -0.4 is 10.6 Å². The molecular formula is C18H15Cl2N5O2. The zero-order valence-corrected chi connectivity index (χ0v) is 15.7. The number of rotatable bonds is 5. The molecule has 2 aromatic carbocycles. The first-order chi connectivity index (χ1) is 12.9. The standard InChI is InChI=1S/C18H15Cl2N5O2/c1-11(25-10-21-9-22-25)17(26)23-13-3-5-14(6-4-13)24-18(27)15-7-2-12(19)8-16(15)20/h2-11H,1H3,(H,23,26)(H,24,27). The van der Waals surface area contributed by atoms with E-state index in [1.165, 1.54) is 23.4 Å². The van der Waals surface area contributed by atoms with Crippen molar-refractivity contribution >= 4 is 46.4 Å². The Hall–Kier alpha value is -2.90. The van der Waals surface area contributed by atoms with E-state index < -0.39 is 6.04 Å². The minimum Gasteiger partial charge on any atom is -0.324 e. The fraction of sp³-hybridized carbons (Fsp3) is 0.111. The van der Waals surface area contributed by atoms with Crippen molar-refractivity contribution in [2.45, 2.75) is 13.0 Å². The lowest BCUT2D eigenvalue weighted by Crippen LogP contribution is -2.24. The molecule has 0 saturated heterocycles. The number of anilines is 2. The number of aromatic nitrogens is 3. The van der Waals surface area contributed by atoms with Gasteiger partial charge in [-0.3, -0.25) is 9.59 Å². The van der Waals surface area contributed by atoms with Crippen molar-refractivity contribution in [2.75, 3.05) is 10.6 Å². The summed E-state index contributed by atoms with van der Waals surface area (Å²) in [5.74, 6) is -0.585. The smallest absolute Gasteiger partial charge is 0.257 e. The van der Waals surface area contributed by atoms with Gasteiger partial charge < -0.3 is 10.6 Å². The minimum absolute atomic E-state index is 0.231. The van der Waals surface area contributed by atoms with Crippen LogP contribution in [-0.4, -0.2) is 26.6 Å². The third-order valence-corrected chi connectivity index (χ3v) is 4.35. The SMILES string of the molecule is CC(C(=O)Nc1ccc(NC(=O)c2ccc(Cl)cc2Cl)cc1)n1cncn1. The molecule has 0 bridgehead atoms. The van der Waals surface area contributed by atoms with E-state index in [9.17, 15) is 9.59 Å². The summed E-state index contributed by atoms with van der Waals surface area (Å²) >= 11 is 11.9. The van der Waals surface area contributed by atoms with Crippen molar-refractivity contribution < 1.29 is 9.59 Å². The average Bonchev–Trinajstić information content (AvgIpc) is 3.17. The summed E-state index contributed by atoms with van der Waals surface area (Å²) in [4.78, 5) is 28.4. The van der Waals surface area contributed by atoms with Gasteiger partial charge in [0.05, 0.1) is 10.6 Å². The lowest BCUT2D eigenvalue weighted by atomic mass is 10.2. The predicted molar refractivity (Wildman–Crippen MR) is 104 cm³/mol. The number of benzene rings is 2. The van der Waals surface area contributed by atoms with Crippen molar-refractivity contribution in [1.29, 1.82) is 0 Å². The number of amides is 2. The summed E-state index contributed by atoms with van der Waals surface area (Å²) < 4.78 is 1.46. The maximum absolute atomic E-state index is 12.3. The molecule has 0 spiro atoms. The minimum atomic E-state index is -0.501. The molecule has 3 rings (SSSR count). The molecule has 0 aliphatic carbocycles. The number of hydrogen-bond acceptors (Lipinski definition) is 4. The Morgan fingerprint density at radius 2 is 1.70 bits per heavy atom. The molecule has 138 valence electrons. The molecule has 1 aromatic heterocycles. The summed E-state index contributed by atoms with van der Waals surface area (Å²) in [5, 5.41) is 10.2. The fourth-order valence-corrected chi connectivity index (χ4v) is 2.79. The molecule has 0 aliphatic heterocycles. The van der Waals surface area contributed by atoms with Crippen LogP contribution in [0.1, 0.15) is 23.3 Å². The van der Waals surface area contributed by atoms with Crippen molar-refractivity contribution in [3.8, 4) is 0 Å². The summed E-state index contributed by atoms with van der Waals surface area (Å²) in [6.45, 7) is 1.72. The van der Waals surface area contributed by atoms with Gasteiger partial charge in [0, 0.05) is 16.4 Å². The molecule has 9 heteroatoms. The van der Waals surface area contributed by atoms with E-state index >= 15 is 0 Å². The Kier molecular flexibility index (Phi) is 5.73. The van der Waals surface area contributed by atoms with E-state index in [4.69, 9.17) is 23.2 Å². The number of halogens is 2. The van der Waals surface area contributed by atoms with Gasteiger partial charge in [-0.15, -0.1) is 0 Å². The second-order valence-electron chi connectivity index (χ2n) is 5.70. The highest BCUT2D eigenvalue weighted by Gasteiger charge is 2.16. The highest BCUT2D eigenvalue weighted by atomic mass is 35.5. The van der Waals surface area contributed by atoms with Crippen LogP contribution >= 0.6 is 23.2 Å². The number of nitrogens with zero attached hydrogens (tertiary/aromatic N) is 3. The van der Waals surface area contributed by atoms with E-state index in [-0.39, 0.29) is 16.8 Å². The lowest BCUT2D eigenvalue weighted by molar-refractivity contribution is -0.119. The van der Waals surface area contributed by atoms with Crippen LogP contribution in [-0.2, 0) is 4.79 Å². The van der Waals surface area contributed by atoms with Crippen LogP contribution in [0, 0.1) is 0 Å². The number of carbonyl (C=O) groups is 2. The van der Waals surface area contributed by atoms with Crippen molar-refractivity contribution in [1.82, 2.24) is 14.8 Å². The Balaban J connectivity index is 1.63. The first-order valence-corrected chi connectivity index (χ1v) is 8.71. The fourth-order valence-electron chi connectivity index (χ4n) is 2.29. The lowest BCUT2D eigenvalue weighted by Gasteiger charge is -2.12. The molecule has 0 aliphatic rings. The summed E-state index contributed by atoms with van der Waals surface area (Å²) in [6, 6.07) is 10.9. The number of carbonyl (C=O) groups excluding carboxylic acids is 2. The first kappa shape index (κ1) is 18.9. The third-order valence-electron chi connectivity index (χ3n) is 3.80. The molecule has 27 heavy (non-hydrogen) atoms. The monoisotopic (exact) mass is 403 g/mol. The van der Waals surface area contributed by atoms with E-state index in [0.29, 0.717) is 22.0 Å². The number of nitrogens with one attached hydrogen (secondary N) is 2. The Morgan fingerprint density at radius 1 is 1.04 bits per heavy atom. The number of hydrogen-bond donors (Lipinski definition) is 2. The third kappa shape index (κ3) is 4.64. The van der Waals surface area contributed by atoms with Gasteiger partial charge in [-0.1, -0.05) is 23.2 Å². The quantitative estimate of drug-likeness (QED) is 0.672. The Labute approximate surface area is 165 Å². The Bertz CT molecular complexity index is 958. The Morgan fingerprint density at radius 3 is 2.30 bits per heavy atom. The van der Waals surface area contributed by atoms with Gasteiger partial charge in [0.2, 0.25) is 5.91 Å². The molecule has 2 N–H and O–H groups in total. The van der Waals surface area contributed by atoms with Crippen molar-refractivity contribution in [2.24, 2.45) is 0 Å². The maximum atomic E-state index is 12.3. The first-order valence-electron chi connectivity index (χ1n) is 7.95. The van der Waals surface area contributed by atoms with Gasteiger partial charge in [0.25, 0.3) is 5.91 Å². The average molecular weight is 404 g/mol. The van der Waals surface area contributed by atoms with Gasteiger partial charge in [-0.25, -0.2) is 9.67 Å². The highest BCUT2D eigenvalue weighted by molar-refractivity contribution is 6.37. The van der Waals surface area contributed by atoms with E-state index in [0.717, 1.165) is 0 Å². The van der Waals surface area contributed by atoms with Crippen LogP contribution in [0.3, 0.4) is 0 Å². The van der Waals surface area contributed by atoms with Gasteiger partial charge in [0.15, 0.2) is 0 Å².